The fourth-order valence-corrected chi connectivity index (χ4v) is 0.402. The molecule has 0 spiro atoms. The summed E-state index contributed by atoms with van der Waals surface area (Å²) < 4.78 is 9.59. The fraction of sp³-hybridized carbons (Fsp3) is 0.714. The summed E-state index contributed by atoms with van der Waals surface area (Å²) in [6, 6.07) is 0. The van der Waals surface area contributed by atoms with E-state index in [9.17, 15) is 0 Å². The third-order valence-corrected chi connectivity index (χ3v) is 1.08. The van der Waals surface area contributed by atoms with Crippen molar-refractivity contribution in [3.05, 3.63) is 11.8 Å². The first-order chi connectivity index (χ1) is 5.24. The van der Waals surface area contributed by atoms with Crippen LogP contribution in [0.5, 0.6) is 0 Å². The lowest BCUT2D eigenvalue weighted by atomic mass is 10.4. The van der Waals surface area contributed by atoms with E-state index in [0.29, 0.717) is 5.57 Å². The van der Waals surface area contributed by atoms with Gasteiger partial charge in [-0.05, 0) is 12.5 Å². The highest BCUT2D eigenvalue weighted by Crippen LogP contribution is 1.96. The van der Waals surface area contributed by atoms with Gasteiger partial charge < -0.3 is 19.7 Å². The second-order valence-corrected chi connectivity index (χ2v) is 2.11. The summed E-state index contributed by atoms with van der Waals surface area (Å²) in [5, 5.41) is 17.1. The van der Waals surface area contributed by atoms with Crippen molar-refractivity contribution in [2.75, 3.05) is 20.3 Å². The van der Waals surface area contributed by atoms with Crippen molar-refractivity contribution in [2.45, 2.75) is 13.2 Å². The molecule has 0 aliphatic carbocycles. The Morgan fingerprint density at radius 1 is 1.55 bits per heavy atom. The Morgan fingerprint density at radius 3 is 2.55 bits per heavy atom. The largest absolute Gasteiger partial charge is 0.470 e. The van der Waals surface area contributed by atoms with Gasteiger partial charge in [-0.1, -0.05) is 0 Å². The molecule has 0 saturated heterocycles. The molecule has 4 heteroatoms. The Morgan fingerprint density at radius 2 is 2.18 bits per heavy atom. The second-order valence-electron chi connectivity index (χ2n) is 2.11. The monoisotopic (exact) mass is 162 g/mol. The van der Waals surface area contributed by atoms with Gasteiger partial charge in [-0.25, -0.2) is 0 Å². The minimum Gasteiger partial charge on any atom is -0.470 e. The topological polar surface area (TPSA) is 58.9 Å². The van der Waals surface area contributed by atoms with Gasteiger partial charge in [0, 0.05) is 7.11 Å². The van der Waals surface area contributed by atoms with E-state index in [-0.39, 0.29) is 13.2 Å². The molecule has 0 amide bonds. The molecule has 0 saturated carbocycles. The highest BCUT2D eigenvalue weighted by atomic mass is 16.7. The first kappa shape index (κ1) is 10.4. The average molecular weight is 162 g/mol. The van der Waals surface area contributed by atoms with Crippen LogP contribution in [0.2, 0.25) is 0 Å². The maximum absolute atomic E-state index is 8.57. The van der Waals surface area contributed by atoms with Gasteiger partial charge in [0.15, 0.2) is 0 Å². The van der Waals surface area contributed by atoms with Crippen LogP contribution in [0.25, 0.3) is 0 Å². The summed E-state index contributed by atoms with van der Waals surface area (Å²) >= 11 is 0. The number of hydrogen-bond donors (Lipinski definition) is 2. The van der Waals surface area contributed by atoms with Gasteiger partial charge in [-0.2, -0.15) is 0 Å². The average Bonchev–Trinajstić information content (AvgIpc) is 2.06. The number of rotatable bonds is 5. The van der Waals surface area contributed by atoms with Gasteiger partial charge in [-0.15, -0.1) is 0 Å². The minimum absolute atomic E-state index is 0.0537. The zero-order chi connectivity index (χ0) is 8.69. The van der Waals surface area contributed by atoms with Crippen LogP contribution < -0.4 is 0 Å². The van der Waals surface area contributed by atoms with E-state index in [2.05, 4.69) is 0 Å². The van der Waals surface area contributed by atoms with E-state index in [4.69, 9.17) is 19.7 Å². The first-order valence-corrected chi connectivity index (χ1v) is 3.30. The van der Waals surface area contributed by atoms with Gasteiger partial charge in [0.05, 0.1) is 12.9 Å². The van der Waals surface area contributed by atoms with Gasteiger partial charge in [0.25, 0.3) is 0 Å². The molecule has 0 bridgehead atoms. The molecule has 1 atom stereocenters. The summed E-state index contributed by atoms with van der Waals surface area (Å²) in [7, 11) is 1.43. The third kappa shape index (κ3) is 4.78. The SMILES string of the molecule is COC(CO)OC=C(C)CO. The van der Waals surface area contributed by atoms with E-state index < -0.39 is 6.29 Å². The van der Waals surface area contributed by atoms with Gasteiger partial charge in [0.1, 0.15) is 6.61 Å². The maximum Gasteiger partial charge on any atom is 0.222 e. The summed E-state index contributed by atoms with van der Waals surface area (Å²) in [5.74, 6) is 0. The predicted molar refractivity (Wildman–Crippen MR) is 39.8 cm³/mol. The molecule has 0 rings (SSSR count). The van der Waals surface area contributed by atoms with Crippen molar-refractivity contribution >= 4 is 0 Å². The summed E-state index contributed by atoms with van der Waals surface area (Å²) in [5.41, 5.74) is 0.681. The molecule has 0 aromatic heterocycles. The van der Waals surface area contributed by atoms with Crippen LogP contribution in [0.15, 0.2) is 11.8 Å². The molecule has 0 heterocycles. The van der Waals surface area contributed by atoms with E-state index in [1.54, 1.807) is 6.92 Å². The normalized spacial score (nSPS) is 14.7. The molecular weight excluding hydrogens is 148 g/mol. The van der Waals surface area contributed by atoms with Crippen molar-refractivity contribution in [1.29, 1.82) is 0 Å². The minimum atomic E-state index is -0.642. The highest BCUT2D eigenvalue weighted by molar-refractivity contribution is 4.92. The standard InChI is InChI=1S/C7H14O4/c1-6(3-8)5-11-7(4-9)10-2/h5,7-9H,3-4H2,1-2H3. The zero-order valence-electron chi connectivity index (χ0n) is 6.78. The smallest absolute Gasteiger partial charge is 0.222 e. The zero-order valence-corrected chi connectivity index (χ0v) is 6.78. The molecule has 4 nitrogen and oxygen atoms in total. The predicted octanol–water partition coefficient (Wildman–Crippen LogP) is -0.136. The first-order valence-electron chi connectivity index (χ1n) is 3.30. The Balaban J connectivity index is 3.65. The number of methoxy groups -OCH3 is 1. The Kier molecular flexibility index (Phi) is 5.83. The molecular formula is C7H14O4. The van der Waals surface area contributed by atoms with Crippen molar-refractivity contribution in [3.63, 3.8) is 0 Å². The maximum atomic E-state index is 8.57. The number of aliphatic hydroxyl groups excluding tert-OH is 2. The summed E-state index contributed by atoms with van der Waals surface area (Å²) in [4.78, 5) is 0. The van der Waals surface area contributed by atoms with E-state index >= 15 is 0 Å². The van der Waals surface area contributed by atoms with Crippen LogP contribution in [-0.2, 0) is 9.47 Å². The summed E-state index contributed by atoms with van der Waals surface area (Å²) in [6.07, 6.45) is 0.723. The van der Waals surface area contributed by atoms with E-state index in [1.165, 1.54) is 13.4 Å². The molecule has 2 N–H and O–H groups in total. The molecule has 0 aromatic carbocycles. The van der Waals surface area contributed by atoms with Gasteiger partial charge in [0.2, 0.25) is 6.29 Å². The molecule has 0 aliphatic heterocycles. The molecule has 1 unspecified atom stereocenters. The van der Waals surface area contributed by atoms with Crippen LogP contribution in [0.3, 0.4) is 0 Å². The van der Waals surface area contributed by atoms with Crippen LogP contribution in [0, 0.1) is 0 Å². The summed E-state index contributed by atoms with van der Waals surface area (Å²) in [6.45, 7) is 1.46. The third-order valence-electron chi connectivity index (χ3n) is 1.08. The second kappa shape index (κ2) is 6.15. The number of hydrogen-bond acceptors (Lipinski definition) is 4. The van der Waals surface area contributed by atoms with Gasteiger partial charge in [-0.3, -0.25) is 0 Å². The Hall–Kier alpha value is -0.580. The van der Waals surface area contributed by atoms with E-state index in [0.717, 1.165) is 0 Å². The number of ether oxygens (including phenoxy) is 2. The molecule has 0 aliphatic rings. The van der Waals surface area contributed by atoms with Crippen LogP contribution in [0.1, 0.15) is 6.92 Å². The van der Waals surface area contributed by atoms with Crippen LogP contribution in [-0.4, -0.2) is 36.8 Å². The fourth-order valence-electron chi connectivity index (χ4n) is 0.402. The van der Waals surface area contributed by atoms with Gasteiger partial charge >= 0.3 is 0 Å². The number of aliphatic hydroxyl groups is 2. The van der Waals surface area contributed by atoms with Crippen LogP contribution in [0.4, 0.5) is 0 Å². The highest BCUT2D eigenvalue weighted by Gasteiger charge is 2.01. The molecule has 66 valence electrons. The lowest BCUT2D eigenvalue weighted by Crippen LogP contribution is -2.17. The molecule has 0 radical (unpaired) electrons. The Labute approximate surface area is 66.1 Å². The van der Waals surface area contributed by atoms with Crippen LogP contribution >= 0.6 is 0 Å². The van der Waals surface area contributed by atoms with Crippen molar-refractivity contribution < 1.29 is 19.7 Å². The van der Waals surface area contributed by atoms with Crippen molar-refractivity contribution in [3.8, 4) is 0 Å². The van der Waals surface area contributed by atoms with Crippen molar-refractivity contribution in [1.82, 2.24) is 0 Å². The lowest BCUT2D eigenvalue weighted by Gasteiger charge is -2.11. The molecule has 11 heavy (non-hydrogen) atoms. The molecule has 0 fully saturated rings. The quantitative estimate of drug-likeness (QED) is 0.436. The Bertz CT molecular complexity index is 118. The molecule has 0 aromatic rings. The lowest BCUT2D eigenvalue weighted by molar-refractivity contribution is -0.110. The van der Waals surface area contributed by atoms with E-state index in [1.807, 2.05) is 0 Å². The van der Waals surface area contributed by atoms with Crippen molar-refractivity contribution in [2.24, 2.45) is 0 Å².